The molecule has 0 unspecified atom stereocenters. The predicted octanol–water partition coefficient (Wildman–Crippen LogP) is 2.03. The number of piperazine rings is 1. The van der Waals surface area contributed by atoms with Gasteiger partial charge in [0.2, 0.25) is 0 Å². The van der Waals surface area contributed by atoms with E-state index in [1.54, 1.807) is 0 Å². The molecule has 82 valence electrons. The fraction of sp³-hybridized carbons (Fsp3) is 0.545. The molecule has 0 spiro atoms. The van der Waals surface area contributed by atoms with E-state index in [1.807, 2.05) is 12.3 Å². The van der Waals surface area contributed by atoms with Gasteiger partial charge in [-0.2, -0.15) is 0 Å². The minimum Gasteiger partial charge on any atom is -0.353 e. The van der Waals surface area contributed by atoms with E-state index >= 15 is 0 Å². The molecule has 1 aromatic rings. The topological polar surface area (TPSA) is 28.2 Å². The van der Waals surface area contributed by atoms with Gasteiger partial charge in [0.05, 0.1) is 0 Å². The highest BCUT2D eigenvalue weighted by Crippen LogP contribution is 2.19. The van der Waals surface area contributed by atoms with Crippen molar-refractivity contribution in [3.63, 3.8) is 0 Å². The maximum Gasteiger partial charge on any atom is 0.129 e. The Kier molecular flexibility index (Phi) is 3.26. The lowest BCUT2D eigenvalue weighted by Crippen LogP contribution is -2.54. The van der Waals surface area contributed by atoms with Crippen LogP contribution < -0.4 is 10.2 Å². The lowest BCUT2D eigenvalue weighted by Gasteiger charge is -2.36. The quantitative estimate of drug-likeness (QED) is 0.846. The fourth-order valence-electron chi connectivity index (χ4n) is 2.08. The number of rotatable bonds is 1. The van der Waals surface area contributed by atoms with Gasteiger partial charge in [-0.1, -0.05) is 15.9 Å². The van der Waals surface area contributed by atoms with E-state index in [4.69, 9.17) is 0 Å². The average molecular weight is 270 g/mol. The second-order valence-corrected chi connectivity index (χ2v) is 5.12. The number of pyridine rings is 1. The number of halogens is 1. The number of hydrogen-bond donors (Lipinski definition) is 1. The van der Waals surface area contributed by atoms with E-state index in [1.165, 1.54) is 0 Å². The van der Waals surface area contributed by atoms with Gasteiger partial charge >= 0.3 is 0 Å². The Morgan fingerprint density at radius 3 is 2.67 bits per heavy atom. The predicted molar refractivity (Wildman–Crippen MR) is 66.2 cm³/mol. The van der Waals surface area contributed by atoms with E-state index in [0.717, 1.165) is 23.4 Å². The van der Waals surface area contributed by atoms with Crippen LogP contribution in [0.1, 0.15) is 13.8 Å². The molecule has 1 aliphatic rings. The fourth-order valence-corrected chi connectivity index (χ4v) is 2.40. The summed E-state index contributed by atoms with van der Waals surface area (Å²) in [6.07, 6.45) is 1.84. The molecule has 1 saturated heterocycles. The summed E-state index contributed by atoms with van der Waals surface area (Å²) in [4.78, 5) is 6.73. The van der Waals surface area contributed by atoms with Crippen molar-refractivity contribution in [3.8, 4) is 0 Å². The van der Waals surface area contributed by atoms with Crippen LogP contribution in [0.5, 0.6) is 0 Å². The third-order valence-corrected chi connectivity index (χ3v) is 3.08. The summed E-state index contributed by atoms with van der Waals surface area (Å²) in [6.45, 7) is 6.46. The molecule has 1 fully saturated rings. The van der Waals surface area contributed by atoms with Crippen LogP contribution in [-0.4, -0.2) is 30.2 Å². The van der Waals surface area contributed by atoms with Crippen molar-refractivity contribution >= 4 is 21.7 Å². The highest BCUT2D eigenvalue weighted by molar-refractivity contribution is 9.10. The molecule has 2 atom stereocenters. The maximum absolute atomic E-state index is 4.40. The zero-order valence-electron chi connectivity index (χ0n) is 9.07. The van der Waals surface area contributed by atoms with Crippen LogP contribution in [0.15, 0.2) is 22.8 Å². The molecule has 0 aromatic carbocycles. The van der Waals surface area contributed by atoms with Crippen molar-refractivity contribution in [2.45, 2.75) is 25.9 Å². The zero-order valence-corrected chi connectivity index (χ0v) is 10.7. The second kappa shape index (κ2) is 4.49. The van der Waals surface area contributed by atoms with E-state index in [2.05, 4.69) is 51.0 Å². The molecular formula is C11H16BrN3. The number of anilines is 1. The number of aromatic nitrogens is 1. The van der Waals surface area contributed by atoms with Crippen molar-refractivity contribution in [3.05, 3.63) is 22.8 Å². The first-order valence-electron chi connectivity index (χ1n) is 5.27. The largest absolute Gasteiger partial charge is 0.353 e. The van der Waals surface area contributed by atoms with Crippen molar-refractivity contribution in [2.75, 3.05) is 18.0 Å². The normalized spacial score (nSPS) is 26.7. The highest BCUT2D eigenvalue weighted by atomic mass is 79.9. The molecule has 4 heteroatoms. The van der Waals surface area contributed by atoms with Crippen LogP contribution in [0.25, 0.3) is 0 Å². The molecule has 1 N–H and O–H groups in total. The van der Waals surface area contributed by atoms with Crippen LogP contribution in [0.3, 0.4) is 0 Å². The Balaban J connectivity index is 2.16. The van der Waals surface area contributed by atoms with Crippen LogP contribution in [-0.2, 0) is 0 Å². The van der Waals surface area contributed by atoms with Crippen LogP contribution in [0, 0.1) is 0 Å². The molecule has 1 aliphatic heterocycles. The Morgan fingerprint density at radius 2 is 2.07 bits per heavy atom. The highest BCUT2D eigenvalue weighted by Gasteiger charge is 2.21. The van der Waals surface area contributed by atoms with Gasteiger partial charge in [-0.3, -0.25) is 0 Å². The summed E-state index contributed by atoms with van der Waals surface area (Å²) in [5.41, 5.74) is 0. The summed E-state index contributed by atoms with van der Waals surface area (Å²) >= 11 is 3.48. The van der Waals surface area contributed by atoms with Crippen molar-refractivity contribution in [1.82, 2.24) is 10.3 Å². The number of nitrogens with one attached hydrogen (secondary N) is 1. The van der Waals surface area contributed by atoms with E-state index in [9.17, 15) is 0 Å². The molecule has 2 rings (SSSR count). The molecule has 2 heterocycles. The molecule has 0 aliphatic carbocycles. The van der Waals surface area contributed by atoms with Crippen LogP contribution >= 0.6 is 15.9 Å². The summed E-state index contributed by atoms with van der Waals surface area (Å²) < 4.78 is 1.09. The Hall–Kier alpha value is -0.610. The summed E-state index contributed by atoms with van der Waals surface area (Å²) in [7, 11) is 0. The molecule has 1 aromatic heterocycles. The lowest BCUT2D eigenvalue weighted by molar-refractivity contribution is 0.405. The smallest absolute Gasteiger partial charge is 0.129 e. The van der Waals surface area contributed by atoms with Gasteiger partial charge < -0.3 is 10.2 Å². The van der Waals surface area contributed by atoms with Gasteiger partial charge in [0.15, 0.2) is 0 Å². The zero-order chi connectivity index (χ0) is 10.8. The van der Waals surface area contributed by atoms with Crippen LogP contribution in [0.2, 0.25) is 0 Å². The first kappa shape index (κ1) is 10.9. The number of hydrogen-bond acceptors (Lipinski definition) is 3. The Morgan fingerprint density at radius 1 is 1.40 bits per heavy atom. The van der Waals surface area contributed by atoms with Crippen molar-refractivity contribution in [1.29, 1.82) is 0 Å². The third-order valence-electron chi connectivity index (χ3n) is 2.59. The van der Waals surface area contributed by atoms with Crippen LogP contribution in [0.4, 0.5) is 5.82 Å². The van der Waals surface area contributed by atoms with Gasteiger partial charge in [-0.25, -0.2) is 4.98 Å². The molecular weight excluding hydrogens is 254 g/mol. The van der Waals surface area contributed by atoms with Gasteiger partial charge in [0, 0.05) is 35.8 Å². The Labute approximate surface area is 99.0 Å². The molecule has 3 nitrogen and oxygen atoms in total. The minimum atomic E-state index is 0.523. The van der Waals surface area contributed by atoms with Gasteiger partial charge in [-0.05, 0) is 26.0 Å². The minimum absolute atomic E-state index is 0.523. The molecule has 0 amide bonds. The second-order valence-electron chi connectivity index (χ2n) is 4.21. The first-order valence-corrected chi connectivity index (χ1v) is 6.07. The summed E-state index contributed by atoms with van der Waals surface area (Å²) in [5, 5.41) is 3.51. The molecule has 0 bridgehead atoms. The molecule has 0 saturated carbocycles. The van der Waals surface area contributed by atoms with Crippen molar-refractivity contribution in [2.24, 2.45) is 0 Å². The summed E-state index contributed by atoms with van der Waals surface area (Å²) in [6, 6.07) is 5.08. The first-order chi connectivity index (χ1) is 7.15. The summed E-state index contributed by atoms with van der Waals surface area (Å²) in [5.74, 6) is 1.06. The molecule has 0 radical (unpaired) electrons. The van der Waals surface area contributed by atoms with E-state index < -0.39 is 0 Å². The number of nitrogens with zero attached hydrogens (tertiary/aromatic N) is 2. The lowest BCUT2D eigenvalue weighted by atomic mass is 10.1. The van der Waals surface area contributed by atoms with E-state index in [0.29, 0.717) is 12.1 Å². The van der Waals surface area contributed by atoms with Gasteiger partial charge in [-0.15, -0.1) is 0 Å². The maximum atomic E-state index is 4.40. The van der Waals surface area contributed by atoms with Crippen molar-refractivity contribution < 1.29 is 0 Å². The monoisotopic (exact) mass is 269 g/mol. The standard InChI is InChI=1S/C11H16BrN3/c1-8-6-15(7-9(2)14-8)11-5-10(12)3-4-13-11/h3-5,8-9,14H,6-7H2,1-2H3/t8-,9+. The Bertz CT molecular complexity index is 332. The van der Waals surface area contributed by atoms with E-state index in [-0.39, 0.29) is 0 Å². The SMILES string of the molecule is C[C@@H]1CN(c2cc(Br)ccn2)C[C@H](C)N1. The van der Waals surface area contributed by atoms with Gasteiger partial charge in [0.1, 0.15) is 5.82 Å². The molecule has 15 heavy (non-hydrogen) atoms. The third kappa shape index (κ3) is 2.69. The van der Waals surface area contributed by atoms with Gasteiger partial charge in [0.25, 0.3) is 0 Å². The average Bonchev–Trinajstić information content (AvgIpc) is 2.16.